The lowest BCUT2D eigenvalue weighted by Gasteiger charge is -2.39. The van der Waals surface area contributed by atoms with Gasteiger partial charge in [-0.25, -0.2) is 0 Å². The molecule has 1 heterocycles. The average molecular weight is 937 g/mol. The van der Waals surface area contributed by atoms with Crippen LogP contribution in [-0.4, -0.2) is 89.6 Å². The monoisotopic (exact) mass is 937 g/mol. The second kappa shape index (κ2) is 48.7. The van der Waals surface area contributed by atoms with Crippen LogP contribution in [0, 0.1) is 0 Å². The van der Waals surface area contributed by atoms with E-state index in [0.29, 0.717) is 13.0 Å². The van der Waals surface area contributed by atoms with Gasteiger partial charge in [-0.1, -0.05) is 224 Å². The molecule has 0 aromatic heterocycles. The molecule has 0 radical (unpaired) electrons. The number of allylic oxidation sites excluding steroid dienone is 4. The molecule has 6 atom stereocenters. The van der Waals surface area contributed by atoms with Gasteiger partial charge in [0.25, 0.3) is 0 Å². The van der Waals surface area contributed by atoms with Crippen molar-refractivity contribution in [3.63, 3.8) is 0 Å². The van der Waals surface area contributed by atoms with Gasteiger partial charge < -0.3 is 39.4 Å². The molecular weight excluding hydrogens is 829 g/mol. The van der Waals surface area contributed by atoms with E-state index in [0.717, 1.165) is 32.1 Å². The topological polar surface area (TPSA) is 135 Å². The Balaban J connectivity index is 2.13. The first-order valence-electron chi connectivity index (χ1n) is 28.4. The highest BCUT2D eigenvalue weighted by molar-refractivity contribution is 5.69. The summed E-state index contributed by atoms with van der Waals surface area (Å²) in [7, 11) is 0. The van der Waals surface area contributed by atoms with Crippen LogP contribution in [-0.2, 0) is 23.7 Å². The first kappa shape index (κ1) is 62.7. The number of aliphatic hydroxyl groups is 4. The molecule has 1 aliphatic rings. The molecule has 6 unspecified atom stereocenters. The van der Waals surface area contributed by atoms with Crippen molar-refractivity contribution >= 4 is 5.97 Å². The van der Waals surface area contributed by atoms with Gasteiger partial charge in [0.05, 0.1) is 19.8 Å². The number of esters is 1. The van der Waals surface area contributed by atoms with Gasteiger partial charge >= 0.3 is 5.97 Å². The predicted molar refractivity (Wildman–Crippen MR) is 275 cm³/mol. The van der Waals surface area contributed by atoms with Gasteiger partial charge in [0.15, 0.2) is 6.29 Å². The maximum Gasteiger partial charge on any atom is 0.306 e. The van der Waals surface area contributed by atoms with Gasteiger partial charge in [0, 0.05) is 13.0 Å². The lowest BCUT2D eigenvalue weighted by atomic mass is 9.99. The second-order valence-corrected chi connectivity index (χ2v) is 19.7. The Hall–Kier alpha value is -1.33. The predicted octanol–water partition coefficient (Wildman–Crippen LogP) is 14.5. The Labute approximate surface area is 407 Å². The molecule has 0 amide bonds. The highest BCUT2D eigenvalue weighted by atomic mass is 16.7. The van der Waals surface area contributed by atoms with Crippen LogP contribution in [0.4, 0.5) is 0 Å². The lowest BCUT2D eigenvalue weighted by Crippen LogP contribution is -2.59. The summed E-state index contributed by atoms with van der Waals surface area (Å²) in [5, 5.41) is 40.3. The van der Waals surface area contributed by atoms with Crippen molar-refractivity contribution in [1.29, 1.82) is 0 Å². The quantitative estimate of drug-likeness (QED) is 0.0267. The van der Waals surface area contributed by atoms with E-state index < -0.39 is 43.4 Å². The van der Waals surface area contributed by atoms with Gasteiger partial charge in [0.1, 0.15) is 30.5 Å². The fraction of sp³-hybridized carbons (Fsp3) is 0.912. The van der Waals surface area contributed by atoms with Crippen LogP contribution in [0.25, 0.3) is 0 Å². The standard InChI is InChI=1S/C57H108O9/c1-3-5-7-9-11-13-15-17-19-21-22-23-24-25-26-27-28-29-31-33-35-37-39-41-43-45-47-63-49-51(50-64-57-56(62)55(61)54(60)52(48-58)66-57)65-53(59)46-44-42-40-38-36-34-32-30-20-18-16-14-12-10-8-6-4-2/h18,20-22,51-52,54-58,60-62H,3-17,19,23-50H2,1-2H3/b20-18-,22-21-. The maximum atomic E-state index is 12.9. The van der Waals surface area contributed by atoms with Crippen molar-refractivity contribution in [1.82, 2.24) is 0 Å². The number of ether oxygens (including phenoxy) is 4. The molecule has 0 aromatic rings. The minimum Gasteiger partial charge on any atom is -0.457 e. The molecule has 4 N–H and O–H groups in total. The van der Waals surface area contributed by atoms with Crippen LogP contribution in [0.5, 0.6) is 0 Å². The van der Waals surface area contributed by atoms with E-state index >= 15 is 0 Å². The molecular formula is C57H108O9. The second-order valence-electron chi connectivity index (χ2n) is 19.7. The van der Waals surface area contributed by atoms with Crippen LogP contribution in [0.3, 0.4) is 0 Å². The Morgan fingerprint density at radius 2 is 0.833 bits per heavy atom. The molecule has 0 aromatic carbocycles. The van der Waals surface area contributed by atoms with E-state index in [1.165, 1.54) is 218 Å². The largest absolute Gasteiger partial charge is 0.457 e. The Bertz CT molecular complexity index is 1070. The maximum absolute atomic E-state index is 12.9. The number of aliphatic hydroxyl groups excluding tert-OH is 4. The molecule has 0 aliphatic carbocycles. The smallest absolute Gasteiger partial charge is 0.306 e. The minimum atomic E-state index is -1.54. The Morgan fingerprint density at radius 3 is 1.23 bits per heavy atom. The number of hydrogen-bond donors (Lipinski definition) is 4. The third kappa shape index (κ3) is 38.5. The van der Waals surface area contributed by atoms with E-state index in [4.69, 9.17) is 18.9 Å². The number of unbranched alkanes of at least 4 members (excludes halogenated alkanes) is 35. The molecule has 0 saturated carbocycles. The van der Waals surface area contributed by atoms with Crippen molar-refractivity contribution in [2.75, 3.05) is 26.4 Å². The first-order chi connectivity index (χ1) is 32.4. The van der Waals surface area contributed by atoms with Gasteiger partial charge in [0.2, 0.25) is 0 Å². The van der Waals surface area contributed by atoms with Crippen molar-refractivity contribution in [2.45, 2.75) is 307 Å². The summed E-state index contributed by atoms with van der Waals surface area (Å²) in [6.07, 6.45) is 52.3. The number of hydrogen-bond acceptors (Lipinski definition) is 9. The fourth-order valence-corrected chi connectivity index (χ4v) is 8.90. The van der Waals surface area contributed by atoms with Gasteiger partial charge in [-0.15, -0.1) is 0 Å². The minimum absolute atomic E-state index is 0.111. The molecule has 1 rings (SSSR count). The normalized spacial score (nSPS) is 19.4. The van der Waals surface area contributed by atoms with Crippen molar-refractivity contribution < 1.29 is 44.2 Å². The number of carbonyl (C=O) groups excluding carboxylic acids is 1. The van der Waals surface area contributed by atoms with Crippen molar-refractivity contribution in [3.05, 3.63) is 24.3 Å². The van der Waals surface area contributed by atoms with Gasteiger partial charge in [-0.05, 0) is 64.2 Å². The average Bonchev–Trinajstić information content (AvgIpc) is 3.32. The van der Waals surface area contributed by atoms with Crippen LogP contribution in [0.2, 0.25) is 0 Å². The summed E-state index contributed by atoms with van der Waals surface area (Å²) in [4.78, 5) is 12.9. The summed E-state index contributed by atoms with van der Waals surface area (Å²) in [6, 6.07) is 0. The van der Waals surface area contributed by atoms with Crippen LogP contribution in [0.1, 0.15) is 271 Å². The highest BCUT2D eigenvalue weighted by Gasteiger charge is 2.44. The third-order valence-corrected chi connectivity index (χ3v) is 13.3. The summed E-state index contributed by atoms with van der Waals surface area (Å²) in [6.45, 7) is 4.60. The summed E-state index contributed by atoms with van der Waals surface area (Å²) >= 11 is 0. The third-order valence-electron chi connectivity index (χ3n) is 13.3. The number of rotatable bonds is 50. The van der Waals surface area contributed by atoms with E-state index in [1.807, 2.05) is 0 Å². The SMILES string of the molecule is CCCCCCCC/C=C\CCCCCCCCCC(=O)OC(COCCCCCCCCCCCCCCCC/C=C\CCCCCCCCCC)COC1OC(CO)C(O)C(O)C1O. The lowest BCUT2D eigenvalue weighted by molar-refractivity contribution is -0.305. The van der Waals surface area contributed by atoms with Crippen LogP contribution < -0.4 is 0 Å². The van der Waals surface area contributed by atoms with Gasteiger partial charge in [-0.2, -0.15) is 0 Å². The molecule has 9 nitrogen and oxygen atoms in total. The van der Waals surface area contributed by atoms with E-state index in [2.05, 4.69) is 38.2 Å². The van der Waals surface area contributed by atoms with E-state index in [1.54, 1.807) is 0 Å². The van der Waals surface area contributed by atoms with Gasteiger partial charge in [-0.3, -0.25) is 4.79 Å². The molecule has 1 aliphatic heterocycles. The first-order valence-corrected chi connectivity index (χ1v) is 28.4. The highest BCUT2D eigenvalue weighted by Crippen LogP contribution is 2.23. The molecule has 390 valence electrons. The van der Waals surface area contributed by atoms with Crippen LogP contribution in [0.15, 0.2) is 24.3 Å². The molecule has 66 heavy (non-hydrogen) atoms. The Kier molecular flexibility index (Phi) is 46.2. The van der Waals surface area contributed by atoms with Crippen molar-refractivity contribution in [3.8, 4) is 0 Å². The zero-order valence-electron chi connectivity index (χ0n) is 43.2. The fourth-order valence-electron chi connectivity index (χ4n) is 8.90. The van der Waals surface area contributed by atoms with Crippen LogP contribution >= 0.6 is 0 Å². The summed E-state index contributed by atoms with van der Waals surface area (Å²) in [5.41, 5.74) is 0. The summed E-state index contributed by atoms with van der Waals surface area (Å²) < 4.78 is 23.0. The van der Waals surface area contributed by atoms with E-state index in [9.17, 15) is 25.2 Å². The van der Waals surface area contributed by atoms with E-state index in [-0.39, 0.29) is 19.2 Å². The Morgan fingerprint density at radius 1 is 0.470 bits per heavy atom. The zero-order chi connectivity index (χ0) is 47.8. The summed E-state index contributed by atoms with van der Waals surface area (Å²) in [5.74, 6) is -0.313. The molecule has 1 saturated heterocycles. The zero-order valence-corrected chi connectivity index (χ0v) is 43.2. The molecule has 1 fully saturated rings. The molecule has 0 spiro atoms. The molecule has 9 heteroatoms. The van der Waals surface area contributed by atoms with Crippen molar-refractivity contribution in [2.24, 2.45) is 0 Å². The number of carbonyl (C=O) groups is 1. The molecule has 0 bridgehead atoms.